The van der Waals surface area contributed by atoms with E-state index in [0.29, 0.717) is 12.4 Å². The topological polar surface area (TPSA) is 81.8 Å². The molecule has 0 amide bonds. The Labute approximate surface area is 132 Å². The number of hydrogen-bond acceptors (Lipinski definition) is 5. The van der Waals surface area contributed by atoms with Gasteiger partial charge in [0.1, 0.15) is 12.4 Å². The van der Waals surface area contributed by atoms with Crippen LogP contribution in [0.5, 0.6) is 5.75 Å². The number of rotatable bonds is 11. The maximum absolute atomic E-state index is 11.8. The molecule has 0 aliphatic rings. The first-order chi connectivity index (χ1) is 10.7. The summed E-state index contributed by atoms with van der Waals surface area (Å²) in [4.78, 5) is 11.8. The van der Waals surface area contributed by atoms with Crippen molar-refractivity contribution in [3.63, 3.8) is 0 Å². The first kappa shape index (κ1) is 18.3. The summed E-state index contributed by atoms with van der Waals surface area (Å²) in [6, 6.07) is 5.05. The fourth-order valence-electron chi connectivity index (χ4n) is 2.13. The van der Waals surface area contributed by atoms with E-state index in [-0.39, 0.29) is 24.5 Å². The Bertz CT molecular complexity index is 448. The number of nitrogen functional groups attached to an aromatic ring is 1. The third-order valence-electron chi connectivity index (χ3n) is 3.37. The summed E-state index contributed by atoms with van der Waals surface area (Å²) in [5, 5.41) is 8.67. The lowest BCUT2D eigenvalue weighted by Gasteiger charge is -2.12. The lowest BCUT2D eigenvalue weighted by Crippen LogP contribution is -2.12. The van der Waals surface area contributed by atoms with Crippen molar-refractivity contribution in [2.24, 2.45) is 0 Å². The zero-order valence-electron chi connectivity index (χ0n) is 13.3. The van der Waals surface area contributed by atoms with E-state index in [0.717, 1.165) is 12.8 Å². The third-order valence-corrected chi connectivity index (χ3v) is 3.37. The molecule has 0 atom stereocenters. The number of hydrogen-bond donors (Lipinski definition) is 2. The standard InChI is InChI=1S/C17H27NO4/c1-2-3-4-5-6-7-12-21-15-10-8-9-14(16(15)18)17(20)22-13-11-19/h8-10,19H,2-7,11-13,18H2,1H3. The smallest absolute Gasteiger partial charge is 0.340 e. The lowest BCUT2D eigenvalue weighted by atomic mass is 10.1. The molecule has 5 nitrogen and oxygen atoms in total. The number of unbranched alkanes of at least 4 members (excludes halogenated alkanes) is 5. The molecule has 22 heavy (non-hydrogen) atoms. The number of carbonyl (C=O) groups is 1. The number of anilines is 1. The summed E-state index contributed by atoms with van der Waals surface area (Å²) < 4.78 is 10.5. The van der Waals surface area contributed by atoms with E-state index in [1.807, 2.05) is 0 Å². The second-order valence-corrected chi connectivity index (χ2v) is 5.19. The highest BCUT2D eigenvalue weighted by Gasteiger charge is 2.14. The average molecular weight is 309 g/mol. The fraction of sp³-hybridized carbons (Fsp3) is 0.588. The van der Waals surface area contributed by atoms with Crippen LogP contribution in [0.4, 0.5) is 5.69 Å². The molecule has 0 heterocycles. The largest absolute Gasteiger partial charge is 0.491 e. The summed E-state index contributed by atoms with van der Waals surface area (Å²) >= 11 is 0. The van der Waals surface area contributed by atoms with Gasteiger partial charge in [0, 0.05) is 0 Å². The molecule has 5 heteroatoms. The molecule has 0 radical (unpaired) electrons. The van der Waals surface area contributed by atoms with Gasteiger partial charge in [-0.25, -0.2) is 4.79 Å². The molecule has 1 aromatic carbocycles. The van der Waals surface area contributed by atoms with E-state index in [1.54, 1.807) is 18.2 Å². The zero-order valence-corrected chi connectivity index (χ0v) is 13.3. The van der Waals surface area contributed by atoms with E-state index in [2.05, 4.69) is 6.92 Å². The Morgan fingerprint density at radius 3 is 2.59 bits per heavy atom. The molecule has 0 aromatic heterocycles. The second kappa shape index (κ2) is 10.9. The second-order valence-electron chi connectivity index (χ2n) is 5.19. The van der Waals surface area contributed by atoms with Crippen molar-refractivity contribution >= 4 is 11.7 Å². The van der Waals surface area contributed by atoms with E-state index in [1.165, 1.54) is 25.7 Å². The van der Waals surface area contributed by atoms with Gasteiger partial charge in [-0.15, -0.1) is 0 Å². The number of carbonyl (C=O) groups excluding carboxylic acids is 1. The molecule has 3 N–H and O–H groups in total. The molecule has 0 aliphatic carbocycles. The SMILES string of the molecule is CCCCCCCCOc1cccc(C(=O)OCCO)c1N. The van der Waals surface area contributed by atoms with Crippen molar-refractivity contribution in [3.05, 3.63) is 23.8 Å². The molecule has 1 aromatic rings. The molecule has 0 bridgehead atoms. The van der Waals surface area contributed by atoms with Gasteiger partial charge >= 0.3 is 5.97 Å². The predicted molar refractivity (Wildman–Crippen MR) is 87.1 cm³/mol. The lowest BCUT2D eigenvalue weighted by molar-refractivity contribution is 0.0434. The number of esters is 1. The number of aliphatic hydroxyl groups is 1. The van der Waals surface area contributed by atoms with Crippen molar-refractivity contribution in [2.45, 2.75) is 45.4 Å². The molecule has 0 aliphatic heterocycles. The van der Waals surface area contributed by atoms with Crippen molar-refractivity contribution in [3.8, 4) is 5.75 Å². The highest BCUT2D eigenvalue weighted by atomic mass is 16.5. The third kappa shape index (κ3) is 6.35. The molecule has 0 fully saturated rings. The van der Waals surface area contributed by atoms with Gasteiger partial charge < -0.3 is 20.3 Å². The summed E-state index contributed by atoms with van der Waals surface area (Å²) in [6.45, 7) is 2.54. The van der Waals surface area contributed by atoms with Crippen LogP contribution >= 0.6 is 0 Å². The van der Waals surface area contributed by atoms with Crippen molar-refractivity contribution < 1.29 is 19.4 Å². The van der Waals surface area contributed by atoms with Crippen LogP contribution in [-0.4, -0.2) is 30.9 Å². The normalized spacial score (nSPS) is 10.5. The van der Waals surface area contributed by atoms with Crippen LogP contribution in [-0.2, 0) is 4.74 Å². The van der Waals surface area contributed by atoms with E-state index in [4.69, 9.17) is 20.3 Å². The van der Waals surface area contributed by atoms with Crippen molar-refractivity contribution in [2.75, 3.05) is 25.6 Å². The molecule has 0 unspecified atom stereocenters. The Morgan fingerprint density at radius 2 is 1.86 bits per heavy atom. The first-order valence-electron chi connectivity index (χ1n) is 8.00. The Hall–Kier alpha value is -1.75. The highest BCUT2D eigenvalue weighted by molar-refractivity contribution is 5.96. The molecule has 0 saturated carbocycles. The van der Waals surface area contributed by atoms with E-state index < -0.39 is 5.97 Å². The van der Waals surface area contributed by atoms with Gasteiger partial charge in [-0.1, -0.05) is 45.1 Å². The quantitative estimate of drug-likeness (QED) is 0.373. The monoisotopic (exact) mass is 309 g/mol. The van der Waals surface area contributed by atoms with Gasteiger partial charge in [0.25, 0.3) is 0 Å². The number of aliphatic hydroxyl groups excluding tert-OH is 1. The number of para-hydroxylation sites is 1. The van der Waals surface area contributed by atoms with Crippen LogP contribution in [0.1, 0.15) is 55.8 Å². The van der Waals surface area contributed by atoms with E-state index >= 15 is 0 Å². The van der Waals surface area contributed by atoms with Gasteiger partial charge in [-0.2, -0.15) is 0 Å². The molecule has 1 rings (SSSR count). The van der Waals surface area contributed by atoms with Gasteiger partial charge in [-0.3, -0.25) is 0 Å². The Kier molecular flexibility index (Phi) is 9.07. The molecular weight excluding hydrogens is 282 g/mol. The van der Waals surface area contributed by atoms with Crippen LogP contribution < -0.4 is 10.5 Å². The molecule has 0 spiro atoms. The van der Waals surface area contributed by atoms with E-state index in [9.17, 15) is 4.79 Å². The van der Waals surface area contributed by atoms with Crippen LogP contribution in [0.3, 0.4) is 0 Å². The highest BCUT2D eigenvalue weighted by Crippen LogP contribution is 2.26. The number of ether oxygens (including phenoxy) is 2. The summed E-state index contributed by atoms with van der Waals surface area (Å²) in [7, 11) is 0. The minimum Gasteiger partial charge on any atom is -0.491 e. The van der Waals surface area contributed by atoms with Crippen LogP contribution in [0.25, 0.3) is 0 Å². The summed E-state index contributed by atoms with van der Waals surface area (Å²) in [5.41, 5.74) is 6.51. The molecule has 124 valence electrons. The molecular formula is C17H27NO4. The van der Waals surface area contributed by atoms with Gasteiger partial charge in [0.2, 0.25) is 0 Å². The molecule has 0 saturated heterocycles. The van der Waals surface area contributed by atoms with Gasteiger partial charge in [0.05, 0.1) is 24.5 Å². The minimum absolute atomic E-state index is 0.0406. The maximum atomic E-state index is 11.8. The fourth-order valence-corrected chi connectivity index (χ4v) is 2.13. The van der Waals surface area contributed by atoms with Crippen molar-refractivity contribution in [1.29, 1.82) is 0 Å². The van der Waals surface area contributed by atoms with Crippen LogP contribution in [0.2, 0.25) is 0 Å². The predicted octanol–water partition coefficient (Wildman–Crippen LogP) is 3.16. The van der Waals surface area contributed by atoms with Crippen LogP contribution in [0, 0.1) is 0 Å². The maximum Gasteiger partial charge on any atom is 0.340 e. The number of nitrogens with two attached hydrogens (primary N) is 1. The average Bonchev–Trinajstić information content (AvgIpc) is 2.53. The summed E-state index contributed by atoms with van der Waals surface area (Å²) in [6.07, 6.45) is 7.13. The summed E-state index contributed by atoms with van der Waals surface area (Å²) in [5.74, 6) is -0.0384. The van der Waals surface area contributed by atoms with Crippen LogP contribution in [0.15, 0.2) is 18.2 Å². The Morgan fingerprint density at radius 1 is 1.14 bits per heavy atom. The Balaban J connectivity index is 2.42. The zero-order chi connectivity index (χ0) is 16.2. The van der Waals surface area contributed by atoms with Gasteiger partial charge in [0.15, 0.2) is 0 Å². The van der Waals surface area contributed by atoms with Gasteiger partial charge in [-0.05, 0) is 18.6 Å². The van der Waals surface area contributed by atoms with Crippen molar-refractivity contribution in [1.82, 2.24) is 0 Å². The number of benzene rings is 1. The first-order valence-corrected chi connectivity index (χ1v) is 8.00. The minimum atomic E-state index is -0.545.